The lowest BCUT2D eigenvalue weighted by Gasteiger charge is -2.14. The molecule has 0 fully saturated rings. The van der Waals surface area contributed by atoms with E-state index in [4.69, 9.17) is 24.7 Å². The number of ether oxygens (including phenoxy) is 4. The average Bonchev–Trinajstić information content (AvgIpc) is 2.43. The van der Waals surface area contributed by atoms with Crippen LogP contribution in [0.5, 0.6) is 11.5 Å². The van der Waals surface area contributed by atoms with Gasteiger partial charge < -0.3 is 24.7 Å². The van der Waals surface area contributed by atoms with Crippen LogP contribution in [0.15, 0.2) is 16.6 Å². The van der Waals surface area contributed by atoms with Gasteiger partial charge >= 0.3 is 0 Å². The number of rotatable bonds is 9. The molecule has 0 aliphatic carbocycles. The lowest BCUT2D eigenvalue weighted by molar-refractivity contribution is 0.0538. The third kappa shape index (κ3) is 5.36. The zero-order valence-corrected chi connectivity index (χ0v) is 12.9. The van der Waals surface area contributed by atoms with Crippen LogP contribution in [0.25, 0.3) is 0 Å². The fourth-order valence-corrected chi connectivity index (χ4v) is 2.08. The Kier molecular flexibility index (Phi) is 7.81. The van der Waals surface area contributed by atoms with Crippen LogP contribution in [0.4, 0.5) is 0 Å². The van der Waals surface area contributed by atoms with E-state index in [1.165, 1.54) is 0 Å². The van der Waals surface area contributed by atoms with Gasteiger partial charge in [-0.2, -0.15) is 0 Å². The van der Waals surface area contributed by atoms with E-state index in [1.807, 2.05) is 12.1 Å². The quantitative estimate of drug-likeness (QED) is 0.700. The highest BCUT2D eigenvalue weighted by Gasteiger charge is 2.11. The molecule has 19 heavy (non-hydrogen) atoms. The molecule has 0 aliphatic rings. The predicted octanol–water partition coefficient (Wildman–Crippen LogP) is 1.96. The molecule has 0 aromatic heterocycles. The number of methoxy groups -OCH3 is 2. The summed E-state index contributed by atoms with van der Waals surface area (Å²) < 4.78 is 22.0. The Bertz CT molecular complexity index is 387. The summed E-state index contributed by atoms with van der Waals surface area (Å²) >= 11 is 3.45. The summed E-state index contributed by atoms with van der Waals surface area (Å²) in [6.07, 6.45) is 0. The van der Waals surface area contributed by atoms with Gasteiger partial charge in [-0.1, -0.05) is 0 Å². The number of benzene rings is 1. The summed E-state index contributed by atoms with van der Waals surface area (Å²) in [5, 5.41) is 0. The van der Waals surface area contributed by atoms with E-state index in [-0.39, 0.29) is 0 Å². The first kappa shape index (κ1) is 16.2. The molecule has 5 nitrogen and oxygen atoms in total. The van der Waals surface area contributed by atoms with E-state index in [0.717, 1.165) is 10.0 Å². The second-order valence-corrected chi connectivity index (χ2v) is 4.62. The summed E-state index contributed by atoms with van der Waals surface area (Å²) in [5.41, 5.74) is 6.59. The molecule has 1 aromatic rings. The van der Waals surface area contributed by atoms with Crippen molar-refractivity contribution in [3.63, 3.8) is 0 Å². The third-order valence-electron chi connectivity index (χ3n) is 2.43. The van der Waals surface area contributed by atoms with Crippen LogP contribution in [-0.2, 0) is 16.0 Å². The highest BCUT2D eigenvalue weighted by atomic mass is 79.9. The van der Waals surface area contributed by atoms with Crippen molar-refractivity contribution in [2.75, 3.05) is 40.6 Å². The smallest absolute Gasteiger partial charge is 0.175 e. The van der Waals surface area contributed by atoms with Crippen LogP contribution in [0.3, 0.4) is 0 Å². The van der Waals surface area contributed by atoms with Crippen molar-refractivity contribution in [3.8, 4) is 11.5 Å². The van der Waals surface area contributed by atoms with E-state index in [1.54, 1.807) is 14.2 Å². The third-order valence-corrected chi connectivity index (χ3v) is 3.02. The van der Waals surface area contributed by atoms with Gasteiger partial charge in [-0.15, -0.1) is 0 Å². The maximum Gasteiger partial charge on any atom is 0.175 e. The average molecular weight is 334 g/mol. The van der Waals surface area contributed by atoms with E-state index in [0.29, 0.717) is 44.5 Å². The molecule has 108 valence electrons. The Morgan fingerprint density at radius 3 is 2.47 bits per heavy atom. The highest BCUT2D eigenvalue weighted by Crippen LogP contribution is 2.36. The molecule has 0 spiro atoms. The number of hydrogen-bond acceptors (Lipinski definition) is 5. The fourth-order valence-electron chi connectivity index (χ4n) is 1.48. The van der Waals surface area contributed by atoms with E-state index in [2.05, 4.69) is 15.9 Å². The number of halogens is 1. The molecule has 0 aliphatic heterocycles. The van der Waals surface area contributed by atoms with Crippen LogP contribution in [0.1, 0.15) is 5.56 Å². The second kappa shape index (κ2) is 9.14. The maximum absolute atomic E-state index is 5.66. The van der Waals surface area contributed by atoms with Crippen molar-refractivity contribution in [3.05, 3.63) is 22.2 Å². The molecule has 0 saturated carbocycles. The molecule has 6 heteroatoms. The van der Waals surface area contributed by atoms with Crippen molar-refractivity contribution in [2.45, 2.75) is 6.54 Å². The number of nitrogens with two attached hydrogens (primary N) is 1. The van der Waals surface area contributed by atoms with Gasteiger partial charge in [0.15, 0.2) is 11.5 Å². The molecule has 0 radical (unpaired) electrons. The lowest BCUT2D eigenvalue weighted by Crippen LogP contribution is -2.11. The summed E-state index contributed by atoms with van der Waals surface area (Å²) in [7, 11) is 3.24. The van der Waals surface area contributed by atoms with Crippen molar-refractivity contribution >= 4 is 15.9 Å². The van der Waals surface area contributed by atoms with Gasteiger partial charge in [-0.05, 0) is 33.6 Å². The standard InChI is InChI=1S/C13H20BrNO4/c1-16-3-4-18-5-6-19-13-11(14)7-10(9-15)8-12(13)17-2/h7-8H,3-6,9,15H2,1-2H3. The molecular weight excluding hydrogens is 314 g/mol. The van der Waals surface area contributed by atoms with Crippen molar-refractivity contribution in [1.82, 2.24) is 0 Å². The molecule has 0 amide bonds. The molecule has 2 N–H and O–H groups in total. The predicted molar refractivity (Wildman–Crippen MR) is 76.8 cm³/mol. The van der Waals surface area contributed by atoms with Gasteiger partial charge in [0.2, 0.25) is 0 Å². The first-order valence-corrected chi connectivity index (χ1v) is 6.78. The van der Waals surface area contributed by atoms with Gasteiger partial charge in [-0.3, -0.25) is 0 Å². The van der Waals surface area contributed by atoms with Crippen LogP contribution in [-0.4, -0.2) is 40.6 Å². The zero-order valence-electron chi connectivity index (χ0n) is 11.3. The Labute approximate surface area is 122 Å². The highest BCUT2D eigenvalue weighted by molar-refractivity contribution is 9.10. The minimum absolute atomic E-state index is 0.445. The van der Waals surface area contributed by atoms with E-state index < -0.39 is 0 Å². The van der Waals surface area contributed by atoms with Crippen LogP contribution in [0.2, 0.25) is 0 Å². The summed E-state index contributed by atoms with van der Waals surface area (Å²) in [6.45, 7) is 2.54. The molecule has 1 rings (SSSR count). The topological polar surface area (TPSA) is 62.9 Å². The minimum Gasteiger partial charge on any atom is -0.493 e. The lowest BCUT2D eigenvalue weighted by atomic mass is 10.2. The largest absolute Gasteiger partial charge is 0.493 e. The van der Waals surface area contributed by atoms with Crippen LogP contribution < -0.4 is 15.2 Å². The Balaban J connectivity index is 2.52. The van der Waals surface area contributed by atoms with E-state index >= 15 is 0 Å². The van der Waals surface area contributed by atoms with Crippen molar-refractivity contribution < 1.29 is 18.9 Å². The normalized spacial score (nSPS) is 10.5. The fraction of sp³-hybridized carbons (Fsp3) is 0.538. The summed E-state index contributed by atoms with van der Waals surface area (Å²) in [4.78, 5) is 0. The number of hydrogen-bond donors (Lipinski definition) is 1. The van der Waals surface area contributed by atoms with Gasteiger partial charge in [0.25, 0.3) is 0 Å². The van der Waals surface area contributed by atoms with Gasteiger partial charge in [0.1, 0.15) is 6.61 Å². The Morgan fingerprint density at radius 2 is 1.84 bits per heavy atom. The van der Waals surface area contributed by atoms with Crippen molar-refractivity contribution in [2.24, 2.45) is 5.73 Å². The Hall–Kier alpha value is -0.820. The second-order valence-electron chi connectivity index (χ2n) is 3.77. The molecule has 0 atom stereocenters. The summed E-state index contributed by atoms with van der Waals surface area (Å²) in [5.74, 6) is 1.32. The molecule has 0 saturated heterocycles. The van der Waals surface area contributed by atoms with Crippen molar-refractivity contribution in [1.29, 1.82) is 0 Å². The first-order chi connectivity index (χ1) is 9.22. The maximum atomic E-state index is 5.66. The molecule has 0 heterocycles. The first-order valence-electron chi connectivity index (χ1n) is 5.98. The monoisotopic (exact) mass is 333 g/mol. The molecule has 0 bridgehead atoms. The van der Waals surface area contributed by atoms with Gasteiger partial charge in [-0.25, -0.2) is 0 Å². The van der Waals surface area contributed by atoms with Gasteiger partial charge in [0, 0.05) is 13.7 Å². The molecule has 1 aromatic carbocycles. The van der Waals surface area contributed by atoms with Crippen LogP contribution >= 0.6 is 15.9 Å². The van der Waals surface area contributed by atoms with Crippen LogP contribution in [0, 0.1) is 0 Å². The van der Waals surface area contributed by atoms with Gasteiger partial charge in [0.05, 0.1) is 31.4 Å². The minimum atomic E-state index is 0.445. The molecule has 0 unspecified atom stereocenters. The Morgan fingerprint density at radius 1 is 1.11 bits per heavy atom. The summed E-state index contributed by atoms with van der Waals surface area (Å²) in [6, 6.07) is 3.79. The molecular formula is C13H20BrNO4. The zero-order chi connectivity index (χ0) is 14.1. The SMILES string of the molecule is COCCOCCOc1c(Br)cc(CN)cc1OC. The van der Waals surface area contributed by atoms with E-state index in [9.17, 15) is 0 Å².